The molecule has 0 aliphatic carbocycles. The van der Waals surface area contributed by atoms with E-state index in [1.165, 1.54) is 8.89 Å². The molecule has 0 aliphatic heterocycles. The van der Waals surface area contributed by atoms with Gasteiger partial charge in [0.05, 0.1) is 0 Å². The zero-order valence-electron chi connectivity index (χ0n) is 7.14. The summed E-state index contributed by atoms with van der Waals surface area (Å²) >= 11 is 0.975. The second-order valence-electron chi connectivity index (χ2n) is 2.73. The first-order valence-electron chi connectivity index (χ1n) is 3.69. The third kappa shape index (κ3) is 4.59. The molecule has 1 aromatic carbocycles. The van der Waals surface area contributed by atoms with Crippen LogP contribution in [-0.4, -0.2) is 40.9 Å². The van der Waals surface area contributed by atoms with E-state index < -0.39 is 10.1 Å². The summed E-state index contributed by atoms with van der Waals surface area (Å²) in [7, 11) is -4.00. The molecule has 1 N–H and O–H groups in total. The molecule has 0 radical (unpaired) electrons. The molecule has 0 aliphatic rings. The van der Waals surface area contributed by atoms with E-state index in [0.29, 0.717) is 0 Å². The Hall–Kier alpha value is -0.130. The van der Waals surface area contributed by atoms with Crippen molar-refractivity contribution in [3.63, 3.8) is 0 Å². The maximum absolute atomic E-state index is 10.3. The number of rotatable bonds is 2. The van der Waals surface area contributed by atoms with Gasteiger partial charge < -0.3 is 0 Å². The van der Waals surface area contributed by atoms with Crippen LogP contribution in [0.3, 0.4) is 0 Å². The van der Waals surface area contributed by atoms with Crippen LogP contribution in [0.15, 0.2) is 29.7 Å². The van der Waals surface area contributed by atoms with Crippen molar-refractivity contribution in [1.29, 1.82) is 0 Å². The molecule has 0 saturated carbocycles. The Kier molecular flexibility index (Phi) is 3.70. The van der Waals surface area contributed by atoms with Crippen LogP contribution in [0.1, 0.15) is 5.56 Å². The van der Waals surface area contributed by atoms with Gasteiger partial charge in [0.15, 0.2) is 0 Å². The van der Waals surface area contributed by atoms with E-state index in [9.17, 15) is 8.42 Å². The molecule has 0 amide bonds. The van der Waals surface area contributed by atoms with E-state index >= 15 is 0 Å². The summed E-state index contributed by atoms with van der Waals surface area (Å²) in [4.78, 5) is 0. The van der Waals surface area contributed by atoms with Crippen molar-refractivity contribution in [1.82, 2.24) is 0 Å². The normalized spacial score (nSPS) is 12.2. The van der Waals surface area contributed by atoms with Crippen LogP contribution in [0, 0.1) is 0 Å². The van der Waals surface area contributed by atoms with Crippen LogP contribution in [0.5, 0.6) is 0 Å². The van der Waals surface area contributed by atoms with Gasteiger partial charge in [0.1, 0.15) is 0 Å². The maximum atomic E-state index is 10.3. The van der Waals surface area contributed by atoms with E-state index in [4.69, 9.17) is 4.55 Å². The first-order valence-corrected chi connectivity index (χ1v) is 6.20. The standard InChI is InChI=1S/C8H7O3S.Na/c9-12(10,11)7-6-8-4-2-1-3-5-8;/h2-7H,(H,9,10,11);. The monoisotopic (exact) mass is 206 g/mol. The molecule has 1 rings (SSSR count). The Bertz CT molecular complexity index is 406. The fourth-order valence-electron chi connectivity index (χ4n) is 0.842. The Balaban J connectivity index is 2.88. The van der Waals surface area contributed by atoms with Gasteiger partial charge in [-0.1, -0.05) is 0 Å². The minimum atomic E-state index is -4.00. The Labute approximate surface area is 94.6 Å². The van der Waals surface area contributed by atoms with E-state index in [1.807, 2.05) is 24.3 Å². The fourth-order valence-corrected chi connectivity index (χ4v) is 1.50. The molecule has 0 fully saturated rings. The summed E-state index contributed by atoms with van der Waals surface area (Å²) in [6.45, 7) is 0. The third-order valence-electron chi connectivity index (χ3n) is 1.51. The van der Waals surface area contributed by atoms with Crippen LogP contribution in [0.2, 0.25) is 0 Å². The predicted molar refractivity (Wildman–Crippen MR) is 52.4 cm³/mol. The third-order valence-corrected chi connectivity index (χ3v) is 2.66. The Morgan fingerprint density at radius 3 is 2.23 bits per heavy atom. The second-order valence-corrected chi connectivity index (χ2v) is 5.19. The average molecular weight is 206 g/mol. The summed E-state index contributed by atoms with van der Waals surface area (Å²) in [5.41, 5.74) is 0.761. The summed E-state index contributed by atoms with van der Waals surface area (Å²) in [5.74, 6) is 0. The first kappa shape index (κ1) is 10.9. The average Bonchev–Trinajstić information content (AvgIpc) is 2.02. The van der Waals surface area contributed by atoms with Crippen molar-refractivity contribution < 1.29 is 13.0 Å². The van der Waals surface area contributed by atoms with E-state index in [0.717, 1.165) is 38.9 Å². The zero-order chi connectivity index (χ0) is 9.90. The summed E-state index contributed by atoms with van der Waals surface area (Å²) < 4.78 is 30.4. The molecule has 0 heterocycles. The molecule has 0 unspecified atom stereocenters. The van der Waals surface area contributed by atoms with Gasteiger partial charge in [-0.05, 0) is 0 Å². The zero-order valence-corrected chi connectivity index (χ0v) is 9.95. The van der Waals surface area contributed by atoms with Crippen LogP contribution in [0.25, 0.3) is 6.08 Å². The molecular weight excluding hydrogens is 199 g/mol. The van der Waals surface area contributed by atoms with Crippen molar-refractivity contribution in [3.8, 4) is 0 Å². The molecule has 1 aromatic rings. The van der Waals surface area contributed by atoms with Gasteiger partial charge in [-0.15, -0.1) is 0 Å². The van der Waals surface area contributed by atoms with Gasteiger partial charge in [-0.3, -0.25) is 0 Å². The molecule has 0 bridgehead atoms. The number of benzene rings is 1. The SMILES string of the molecule is O=S(=O)(O)C=Cc1cc[c]([Na])cc1. The van der Waals surface area contributed by atoms with Gasteiger partial charge in [0, 0.05) is 0 Å². The molecule has 0 spiro atoms. The number of hydrogen-bond acceptors (Lipinski definition) is 2. The topological polar surface area (TPSA) is 54.4 Å². The van der Waals surface area contributed by atoms with Crippen LogP contribution >= 0.6 is 0 Å². The van der Waals surface area contributed by atoms with Crippen LogP contribution < -0.4 is 2.81 Å². The van der Waals surface area contributed by atoms with E-state index in [-0.39, 0.29) is 0 Å². The molecule has 0 saturated heterocycles. The van der Waals surface area contributed by atoms with E-state index in [1.54, 1.807) is 0 Å². The predicted octanol–water partition coefficient (Wildman–Crippen LogP) is 0.339. The van der Waals surface area contributed by atoms with Crippen LogP contribution in [0.4, 0.5) is 0 Å². The molecule has 0 aromatic heterocycles. The number of hydrogen-bond donors (Lipinski definition) is 1. The molecule has 0 atom stereocenters. The summed E-state index contributed by atoms with van der Waals surface area (Å²) in [6.07, 6.45) is 1.36. The van der Waals surface area contributed by atoms with Gasteiger partial charge in [0.2, 0.25) is 0 Å². The van der Waals surface area contributed by atoms with Crippen molar-refractivity contribution in [2.24, 2.45) is 0 Å². The van der Waals surface area contributed by atoms with E-state index in [2.05, 4.69) is 0 Å². The fraction of sp³-hybridized carbons (Fsp3) is 0. The van der Waals surface area contributed by atoms with Gasteiger partial charge in [-0.2, -0.15) is 0 Å². The first-order chi connectivity index (χ1) is 5.97. The molecular formula is C8H7NaO3S. The van der Waals surface area contributed by atoms with Gasteiger partial charge >= 0.3 is 95.1 Å². The molecule has 5 heteroatoms. The molecule has 3 nitrogen and oxygen atoms in total. The quantitative estimate of drug-likeness (QED) is 0.560. The Morgan fingerprint density at radius 1 is 1.23 bits per heavy atom. The van der Waals surface area contributed by atoms with Crippen molar-refractivity contribution in [3.05, 3.63) is 35.2 Å². The van der Waals surface area contributed by atoms with Crippen molar-refractivity contribution in [2.75, 3.05) is 0 Å². The van der Waals surface area contributed by atoms with Gasteiger partial charge in [-0.25, -0.2) is 0 Å². The second kappa shape index (κ2) is 4.39. The summed E-state index contributed by atoms with van der Waals surface area (Å²) in [5, 5.41) is 0.773. The van der Waals surface area contributed by atoms with Gasteiger partial charge in [0.25, 0.3) is 0 Å². The molecule has 13 heavy (non-hydrogen) atoms. The molecule has 64 valence electrons. The minimum absolute atomic E-state index is 0.761. The van der Waals surface area contributed by atoms with Crippen molar-refractivity contribution in [2.45, 2.75) is 0 Å². The van der Waals surface area contributed by atoms with Crippen LogP contribution in [-0.2, 0) is 10.1 Å². The summed E-state index contributed by atoms with van der Waals surface area (Å²) in [6, 6.07) is 7.47. The Morgan fingerprint density at radius 2 is 1.77 bits per heavy atom. The van der Waals surface area contributed by atoms with Crippen molar-refractivity contribution >= 4 is 46.9 Å².